The molecule has 7 heteroatoms. The van der Waals surface area contributed by atoms with E-state index in [9.17, 15) is 18.0 Å². The van der Waals surface area contributed by atoms with Gasteiger partial charge in [-0.2, -0.15) is 13.2 Å². The summed E-state index contributed by atoms with van der Waals surface area (Å²) < 4.78 is 39.7. The van der Waals surface area contributed by atoms with Gasteiger partial charge in [0.15, 0.2) is 6.61 Å². The molecule has 0 aromatic carbocycles. The normalized spacial score (nSPS) is 18.2. The Morgan fingerprint density at radius 1 is 1.24 bits per heavy atom. The summed E-state index contributed by atoms with van der Waals surface area (Å²) in [5.74, 6) is 0. The molecule has 4 nitrogen and oxygen atoms in total. The maximum Gasteiger partial charge on any atom is 0.422 e. The van der Waals surface area contributed by atoms with E-state index in [-0.39, 0.29) is 0 Å². The van der Waals surface area contributed by atoms with Crippen molar-refractivity contribution in [3.05, 3.63) is 0 Å². The molecule has 0 radical (unpaired) electrons. The maximum atomic E-state index is 11.8. The zero-order valence-electron chi connectivity index (χ0n) is 9.79. The third-order valence-corrected chi connectivity index (χ3v) is 2.53. The minimum atomic E-state index is -4.46. The number of nitrogens with zero attached hydrogens (tertiary/aromatic N) is 2. The number of alkyl halides is 3. The molecular weight excluding hydrogens is 237 g/mol. The van der Waals surface area contributed by atoms with Crippen LogP contribution in [-0.2, 0) is 4.74 Å². The lowest BCUT2D eigenvalue weighted by Gasteiger charge is -2.33. The number of rotatable bonds is 3. The standard InChI is InChI=1S/C10H17F3N2O2/c1-2-3-14-4-6-15(7-5-14)9(16)17-8-10(11,12)13/h2-8H2,1H3. The van der Waals surface area contributed by atoms with Crippen molar-refractivity contribution in [2.45, 2.75) is 19.5 Å². The summed E-state index contributed by atoms with van der Waals surface area (Å²) in [5.41, 5.74) is 0. The van der Waals surface area contributed by atoms with E-state index in [0.717, 1.165) is 13.0 Å². The average molecular weight is 254 g/mol. The Balaban J connectivity index is 2.26. The van der Waals surface area contributed by atoms with E-state index in [1.807, 2.05) is 0 Å². The first-order valence-corrected chi connectivity index (χ1v) is 5.63. The Hall–Kier alpha value is -0.980. The highest BCUT2D eigenvalue weighted by Crippen LogP contribution is 2.15. The van der Waals surface area contributed by atoms with Crippen molar-refractivity contribution in [2.75, 3.05) is 39.3 Å². The summed E-state index contributed by atoms with van der Waals surface area (Å²) in [6.07, 6.45) is -4.31. The van der Waals surface area contributed by atoms with Crippen LogP contribution in [0.3, 0.4) is 0 Å². The van der Waals surface area contributed by atoms with Crippen molar-refractivity contribution in [2.24, 2.45) is 0 Å². The molecule has 0 aliphatic carbocycles. The van der Waals surface area contributed by atoms with Crippen molar-refractivity contribution >= 4 is 6.09 Å². The van der Waals surface area contributed by atoms with Crippen LogP contribution in [0.2, 0.25) is 0 Å². The van der Waals surface area contributed by atoms with Crippen molar-refractivity contribution in [1.29, 1.82) is 0 Å². The number of ether oxygens (including phenoxy) is 1. The Morgan fingerprint density at radius 3 is 2.29 bits per heavy atom. The maximum absolute atomic E-state index is 11.8. The van der Waals surface area contributed by atoms with Crippen LogP contribution in [0.4, 0.5) is 18.0 Å². The van der Waals surface area contributed by atoms with Crippen LogP contribution >= 0.6 is 0 Å². The predicted molar refractivity (Wildman–Crippen MR) is 55.7 cm³/mol. The molecule has 1 saturated heterocycles. The van der Waals surface area contributed by atoms with Crippen LogP contribution in [-0.4, -0.2) is 61.4 Å². The van der Waals surface area contributed by atoms with E-state index in [2.05, 4.69) is 16.6 Å². The van der Waals surface area contributed by atoms with Gasteiger partial charge in [-0.05, 0) is 13.0 Å². The summed E-state index contributed by atoms with van der Waals surface area (Å²) >= 11 is 0. The zero-order valence-corrected chi connectivity index (χ0v) is 9.79. The molecule has 0 atom stereocenters. The second kappa shape index (κ2) is 6.09. The van der Waals surface area contributed by atoms with Crippen LogP contribution < -0.4 is 0 Å². The van der Waals surface area contributed by atoms with E-state index in [1.165, 1.54) is 4.90 Å². The molecule has 0 bridgehead atoms. The third kappa shape index (κ3) is 5.25. The number of halogens is 3. The minimum absolute atomic E-state index is 0.427. The van der Waals surface area contributed by atoms with Gasteiger partial charge in [0.05, 0.1) is 0 Å². The highest BCUT2D eigenvalue weighted by atomic mass is 19.4. The number of piperazine rings is 1. The number of carbonyl (C=O) groups is 1. The molecule has 1 fully saturated rings. The first-order chi connectivity index (χ1) is 7.92. The van der Waals surface area contributed by atoms with Crippen LogP contribution in [0.25, 0.3) is 0 Å². The van der Waals surface area contributed by atoms with Crippen molar-refractivity contribution in [3.63, 3.8) is 0 Å². The van der Waals surface area contributed by atoms with Crippen LogP contribution in [0.15, 0.2) is 0 Å². The SMILES string of the molecule is CCCN1CCN(C(=O)OCC(F)(F)F)CC1. The lowest BCUT2D eigenvalue weighted by molar-refractivity contribution is -0.162. The molecule has 0 aromatic rings. The van der Waals surface area contributed by atoms with E-state index >= 15 is 0 Å². The molecule has 100 valence electrons. The fourth-order valence-electron chi connectivity index (χ4n) is 1.71. The van der Waals surface area contributed by atoms with Crippen LogP contribution in [0.1, 0.15) is 13.3 Å². The van der Waals surface area contributed by atoms with Crippen molar-refractivity contribution in [3.8, 4) is 0 Å². The van der Waals surface area contributed by atoms with Gasteiger partial charge >= 0.3 is 12.3 Å². The van der Waals surface area contributed by atoms with Crippen LogP contribution in [0, 0.1) is 0 Å². The fraction of sp³-hybridized carbons (Fsp3) is 0.900. The topological polar surface area (TPSA) is 32.8 Å². The number of hydrogen-bond donors (Lipinski definition) is 0. The van der Waals surface area contributed by atoms with Gasteiger partial charge in [-0.3, -0.25) is 4.90 Å². The molecule has 1 aliphatic rings. The second-order valence-corrected chi connectivity index (χ2v) is 4.00. The Bertz CT molecular complexity index is 250. The highest BCUT2D eigenvalue weighted by Gasteiger charge is 2.31. The first-order valence-electron chi connectivity index (χ1n) is 5.63. The molecule has 17 heavy (non-hydrogen) atoms. The van der Waals surface area contributed by atoms with Gasteiger partial charge in [-0.1, -0.05) is 6.92 Å². The molecule has 0 unspecified atom stereocenters. The minimum Gasteiger partial charge on any atom is -0.440 e. The number of hydrogen-bond acceptors (Lipinski definition) is 3. The van der Waals surface area contributed by atoms with Gasteiger partial charge < -0.3 is 9.64 Å². The molecule has 1 rings (SSSR count). The third-order valence-electron chi connectivity index (χ3n) is 2.53. The van der Waals surface area contributed by atoms with Crippen molar-refractivity contribution in [1.82, 2.24) is 9.80 Å². The summed E-state index contributed by atoms with van der Waals surface area (Å²) in [6.45, 7) is 3.73. The molecule has 0 aromatic heterocycles. The van der Waals surface area contributed by atoms with E-state index in [0.29, 0.717) is 26.2 Å². The van der Waals surface area contributed by atoms with Gasteiger partial charge in [0.2, 0.25) is 0 Å². The smallest absolute Gasteiger partial charge is 0.422 e. The molecule has 1 heterocycles. The van der Waals surface area contributed by atoms with Gasteiger partial charge in [-0.25, -0.2) is 4.79 Å². The van der Waals surface area contributed by atoms with Crippen LogP contribution in [0.5, 0.6) is 0 Å². The Morgan fingerprint density at radius 2 is 1.82 bits per heavy atom. The lowest BCUT2D eigenvalue weighted by Crippen LogP contribution is -2.49. The summed E-state index contributed by atoms with van der Waals surface area (Å²) in [6, 6.07) is 0. The molecule has 1 amide bonds. The zero-order chi connectivity index (χ0) is 12.9. The quantitative estimate of drug-likeness (QED) is 0.768. The predicted octanol–water partition coefficient (Wildman–Crippen LogP) is 1.71. The summed E-state index contributed by atoms with van der Waals surface area (Å²) in [5, 5.41) is 0. The molecule has 0 N–H and O–H groups in total. The van der Waals surface area contributed by atoms with Gasteiger partial charge in [0.1, 0.15) is 0 Å². The molecule has 1 aliphatic heterocycles. The first kappa shape index (κ1) is 14.1. The Kier molecular flexibility index (Phi) is 5.04. The number of amides is 1. The Labute approximate surface area is 98.3 Å². The van der Waals surface area contributed by atoms with E-state index < -0.39 is 18.9 Å². The summed E-state index contributed by atoms with van der Waals surface area (Å²) in [4.78, 5) is 14.8. The van der Waals surface area contributed by atoms with E-state index in [1.54, 1.807) is 0 Å². The summed E-state index contributed by atoms with van der Waals surface area (Å²) in [7, 11) is 0. The second-order valence-electron chi connectivity index (χ2n) is 4.00. The largest absolute Gasteiger partial charge is 0.440 e. The monoisotopic (exact) mass is 254 g/mol. The number of carbonyl (C=O) groups excluding carboxylic acids is 1. The fourth-order valence-corrected chi connectivity index (χ4v) is 1.71. The highest BCUT2D eigenvalue weighted by molar-refractivity contribution is 5.67. The van der Waals surface area contributed by atoms with Gasteiger partial charge in [0, 0.05) is 26.2 Å². The van der Waals surface area contributed by atoms with Gasteiger partial charge in [0.25, 0.3) is 0 Å². The van der Waals surface area contributed by atoms with E-state index in [4.69, 9.17) is 0 Å². The van der Waals surface area contributed by atoms with Crippen molar-refractivity contribution < 1.29 is 22.7 Å². The average Bonchev–Trinajstić information content (AvgIpc) is 2.26. The van der Waals surface area contributed by atoms with Gasteiger partial charge in [-0.15, -0.1) is 0 Å². The molecule has 0 saturated carbocycles. The lowest BCUT2D eigenvalue weighted by atomic mass is 10.3. The molecular formula is C10H17F3N2O2. The molecule has 0 spiro atoms.